The fraction of sp³-hybridized carbons (Fsp3) is 0.316. The first-order chi connectivity index (χ1) is 12.4. The van der Waals surface area contributed by atoms with Crippen molar-refractivity contribution in [1.29, 1.82) is 0 Å². The van der Waals surface area contributed by atoms with Crippen LogP contribution in [0.25, 0.3) is 16.8 Å². The normalized spacial score (nSPS) is 11.3. The molecule has 136 valence electrons. The average molecular weight is 355 g/mol. The Balaban J connectivity index is 1.98. The Kier molecular flexibility index (Phi) is 4.99. The predicted molar refractivity (Wildman–Crippen MR) is 98.7 cm³/mol. The molecule has 0 aliphatic rings. The van der Waals surface area contributed by atoms with Crippen molar-refractivity contribution in [2.75, 3.05) is 27.2 Å². The van der Waals surface area contributed by atoms with Crippen molar-refractivity contribution in [3.63, 3.8) is 0 Å². The van der Waals surface area contributed by atoms with E-state index in [1.807, 2.05) is 32.8 Å². The zero-order valence-electron chi connectivity index (χ0n) is 15.4. The zero-order chi connectivity index (χ0) is 18.8. The second-order valence-corrected chi connectivity index (χ2v) is 6.52. The zero-order valence-corrected chi connectivity index (χ0v) is 15.4. The Morgan fingerprint density at radius 1 is 1.23 bits per heavy atom. The summed E-state index contributed by atoms with van der Waals surface area (Å²) in [5.41, 5.74) is 4.31. The number of nitrogens with zero attached hydrogens (tertiary/aromatic N) is 4. The monoisotopic (exact) mass is 355 g/mol. The molecule has 0 bridgehead atoms. The number of hydrogen-bond acceptors (Lipinski definition) is 4. The molecule has 3 aromatic rings. The highest BCUT2D eigenvalue weighted by Crippen LogP contribution is 2.28. The van der Waals surface area contributed by atoms with E-state index in [0.29, 0.717) is 23.4 Å². The molecular formula is C19H22FN5O. The Morgan fingerprint density at radius 3 is 2.58 bits per heavy atom. The summed E-state index contributed by atoms with van der Waals surface area (Å²) >= 11 is 0. The van der Waals surface area contributed by atoms with Crippen LogP contribution in [0.2, 0.25) is 0 Å². The van der Waals surface area contributed by atoms with E-state index in [-0.39, 0.29) is 11.7 Å². The first kappa shape index (κ1) is 18.0. The molecule has 7 heteroatoms. The van der Waals surface area contributed by atoms with Gasteiger partial charge in [0.05, 0.1) is 17.0 Å². The van der Waals surface area contributed by atoms with E-state index in [9.17, 15) is 9.18 Å². The van der Waals surface area contributed by atoms with Gasteiger partial charge in [0.25, 0.3) is 5.91 Å². The molecule has 2 aromatic heterocycles. The van der Waals surface area contributed by atoms with Gasteiger partial charge in [0, 0.05) is 24.8 Å². The lowest BCUT2D eigenvalue weighted by Crippen LogP contribution is -2.32. The van der Waals surface area contributed by atoms with Gasteiger partial charge in [0.15, 0.2) is 5.65 Å². The molecule has 0 saturated carbocycles. The van der Waals surface area contributed by atoms with E-state index in [1.165, 1.54) is 12.1 Å². The van der Waals surface area contributed by atoms with Crippen molar-refractivity contribution in [3.8, 4) is 11.1 Å². The molecule has 6 nitrogen and oxygen atoms in total. The fourth-order valence-corrected chi connectivity index (χ4v) is 2.87. The molecule has 0 fully saturated rings. The number of aryl methyl sites for hydroxylation is 2. The van der Waals surface area contributed by atoms with Crippen LogP contribution in [0.5, 0.6) is 0 Å². The lowest BCUT2D eigenvalue weighted by molar-refractivity contribution is 0.0949. The first-order valence-corrected chi connectivity index (χ1v) is 8.42. The van der Waals surface area contributed by atoms with Gasteiger partial charge in [-0.3, -0.25) is 4.79 Å². The smallest absolute Gasteiger partial charge is 0.254 e. The van der Waals surface area contributed by atoms with Gasteiger partial charge in [0.2, 0.25) is 0 Å². The van der Waals surface area contributed by atoms with E-state index in [2.05, 4.69) is 15.4 Å². The molecule has 0 unspecified atom stereocenters. The highest BCUT2D eigenvalue weighted by atomic mass is 19.1. The number of rotatable bonds is 5. The third-order valence-corrected chi connectivity index (χ3v) is 4.28. The third kappa shape index (κ3) is 3.43. The van der Waals surface area contributed by atoms with Crippen molar-refractivity contribution in [2.24, 2.45) is 0 Å². The average Bonchev–Trinajstić information content (AvgIpc) is 2.92. The molecule has 1 aromatic carbocycles. The summed E-state index contributed by atoms with van der Waals surface area (Å²) < 4.78 is 14.9. The first-order valence-electron chi connectivity index (χ1n) is 8.42. The van der Waals surface area contributed by atoms with Gasteiger partial charge in [-0.05, 0) is 45.6 Å². The maximum atomic E-state index is 13.2. The Bertz CT molecular complexity index is 947. The topological polar surface area (TPSA) is 62.5 Å². The molecule has 2 heterocycles. The molecular weight excluding hydrogens is 333 g/mol. The van der Waals surface area contributed by atoms with Gasteiger partial charge in [-0.2, -0.15) is 5.10 Å². The molecule has 0 saturated heterocycles. The van der Waals surface area contributed by atoms with Gasteiger partial charge >= 0.3 is 0 Å². The molecule has 1 amide bonds. The number of carbonyl (C=O) groups excluding carboxylic acids is 1. The number of halogens is 1. The second-order valence-electron chi connectivity index (χ2n) is 6.52. The van der Waals surface area contributed by atoms with Crippen LogP contribution < -0.4 is 5.32 Å². The molecule has 1 N–H and O–H groups in total. The molecule has 0 radical (unpaired) electrons. The van der Waals surface area contributed by atoms with Crippen molar-refractivity contribution in [3.05, 3.63) is 53.2 Å². The summed E-state index contributed by atoms with van der Waals surface area (Å²) in [6.07, 6.45) is 1.57. The van der Waals surface area contributed by atoms with Crippen LogP contribution in [0.1, 0.15) is 21.7 Å². The number of amides is 1. The van der Waals surface area contributed by atoms with Gasteiger partial charge < -0.3 is 10.2 Å². The summed E-state index contributed by atoms with van der Waals surface area (Å²) in [7, 11) is 3.91. The minimum absolute atomic E-state index is 0.171. The van der Waals surface area contributed by atoms with Gasteiger partial charge in [-0.25, -0.2) is 13.9 Å². The van der Waals surface area contributed by atoms with Crippen LogP contribution >= 0.6 is 0 Å². The lowest BCUT2D eigenvalue weighted by atomic mass is 10.1. The van der Waals surface area contributed by atoms with Crippen molar-refractivity contribution in [2.45, 2.75) is 13.8 Å². The molecule has 0 aliphatic carbocycles. The van der Waals surface area contributed by atoms with Crippen LogP contribution in [0, 0.1) is 19.7 Å². The Hall–Kier alpha value is -2.80. The molecule has 0 spiro atoms. The van der Waals surface area contributed by atoms with Crippen LogP contribution in [-0.4, -0.2) is 52.6 Å². The van der Waals surface area contributed by atoms with Crippen molar-refractivity contribution in [1.82, 2.24) is 24.8 Å². The lowest BCUT2D eigenvalue weighted by Gasteiger charge is -2.12. The molecule has 26 heavy (non-hydrogen) atoms. The third-order valence-electron chi connectivity index (χ3n) is 4.28. The number of aromatic nitrogens is 3. The van der Waals surface area contributed by atoms with Crippen molar-refractivity contribution >= 4 is 11.6 Å². The predicted octanol–water partition coefficient (Wildman–Crippen LogP) is 2.44. The van der Waals surface area contributed by atoms with Crippen LogP contribution in [0.15, 0.2) is 30.5 Å². The molecule has 0 atom stereocenters. The molecule has 3 rings (SSSR count). The Labute approximate surface area is 151 Å². The Morgan fingerprint density at radius 2 is 1.92 bits per heavy atom. The quantitative estimate of drug-likeness (QED) is 0.764. The standard InChI is InChI=1S/C19H22FN5O/c1-12-17(14-5-7-15(20)8-6-14)18-22-11-16(13(2)25(18)23-12)19(26)21-9-10-24(3)4/h5-8,11H,9-10H2,1-4H3,(H,21,26). The van der Waals surface area contributed by atoms with Gasteiger partial charge in [-0.1, -0.05) is 12.1 Å². The highest BCUT2D eigenvalue weighted by molar-refractivity contribution is 5.95. The minimum Gasteiger partial charge on any atom is -0.351 e. The number of benzene rings is 1. The molecule has 0 aliphatic heterocycles. The minimum atomic E-state index is -0.288. The number of nitrogens with one attached hydrogen (secondary N) is 1. The van der Waals surface area contributed by atoms with E-state index in [1.54, 1.807) is 22.8 Å². The summed E-state index contributed by atoms with van der Waals surface area (Å²) in [5, 5.41) is 7.43. The summed E-state index contributed by atoms with van der Waals surface area (Å²) in [6, 6.07) is 6.24. The fourth-order valence-electron chi connectivity index (χ4n) is 2.87. The number of hydrogen-bond donors (Lipinski definition) is 1. The number of likely N-dealkylation sites (N-methyl/N-ethyl adjacent to an activating group) is 1. The van der Waals surface area contributed by atoms with Crippen LogP contribution in [0.3, 0.4) is 0 Å². The number of carbonyl (C=O) groups is 1. The maximum absolute atomic E-state index is 13.2. The number of fused-ring (bicyclic) bond motifs is 1. The second kappa shape index (κ2) is 7.21. The van der Waals surface area contributed by atoms with E-state index in [0.717, 1.165) is 23.4 Å². The van der Waals surface area contributed by atoms with Crippen LogP contribution in [0.4, 0.5) is 4.39 Å². The van der Waals surface area contributed by atoms with Crippen LogP contribution in [-0.2, 0) is 0 Å². The summed E-state index contributed by atoms with van der Waals surface area (Å²) in [5.74, 6) is -0.459. The summed E-state index contributed by atoms with van der Waals surface area (Å²) in [6.45, 7) is 5.04. The van der Waals surface area contributed by atoms with E-state index in [4.69, 9.17) is 0 Å². The van der Waals surface area contributed by atoms with Gasteiger partial charge in [0.1, 0.15) is 5.82 Å². The maximum Gasteiger partial charge on any atom is 0.254 e. The van der Waals surface area contributed by atoms with E-state index < -0.39 is 0 Å². The SMILES string of the molecule is Cc1nn2c(C)c(C(=O)NCCN(C)C)cnc2c1-c1ccc(F)cc1. The largest absolute Gasteiger partial charge is 0.351 e. The highest BCUT2D eigenvalue weighted by Gasteiger charge is 2.18. The van der Waals surface area contributed by atoms with Crippen molar-refractivity contribution < 1.29 is 9.18 Å². The van der Waals surface area contributed by atoms with E-state index >= 15 is 0 Å². The summed E-state index contributed by atoms with van der Waals surface area (Å²) in [4.78, 5) is 18.9. The van der Waals surface area contributed by atoms with Gasteiger partial charge in [-0.15, -0.1) is 0 Å².